The van der Waals surface area contributed by atoms with Crippen LogP contribution in [0.25, 0.3) is 92.4 Å². The van der Waals surface area contributed by atoms with E-state index in [0.717, 1.165) is 33.8 Å². The van der Waals surface area contributed by atoms with Gasteiger partial charge in [-0.05, 0) is 69.8 Å². The number of benzene rings is 7. The molecule has 0 aliphatic heterocycles. The maximum atomic E-state index is 5.23. The highest BCUT2D eigenvalue weighted by molar-refractivity contribution is 7.27. The highest BCUT2D eigenvalue weighted by Crippen LogP contribution is 2.58. The summed E-state index contributed by atoms with van der Waals surface area (Å²) in [5.74, 6) is 0. The molecule has 53 heavy (non-hydrogen) atoms. The molecular formula is C50H34N2S. The Hall–Kier alpha value is -6.29. The number of pyridine rings is 1. The lowest BCUT2D eigenvalue weighted by atomic mass is 9.81. The van der Waals surface area contributed by atoms with Gasteiger partial charge in [0.1, 0.15) is 0 Å². The molecule has 2 nitrogen and oxygen atoms in total. The summed E-state index contributed by atoms with van der Waals surface area (Å²) in [5, 5.41) is 5.38. The van der Waals surface area contributed by atoms with Gasteiger partial charge >= 0.3 is 0 Å². The smallest absolute Gasteiger partial charge is 0.0715 e. The third kappa shape index (κ3) is 4.41. The third-order valence-electron chi connectivity index (χ3n) is 11.4. The van der Waals surface area contributed by atoms with E-state index in [-0.39, 0.29) is 5.41 Å². The van der Waals surface area contributed by atoms with E-state index in [9.17, 15) is 0 Å². The SMILES string of the molecule is CC1(C)c2ccccc2-c2c1c1c(c3ccccc3n1-c1ccc(-c3cc(-c4ccccc4)cc(-c4ccccc4)n3)cc1)c1sc3ccccc3c21. The van der Waals surface area contributed by atoms with Crippen molar-refractivity contribution < 1.29 is 0 Å². The van der Waals surface area contributed by atoms with Gasteiger partial charge in [0.05, 0.1) is 22.4 Å². The molecule has 0 unspecified atom stereocenters. The Labute approximate surface area is 312 Å². The molecule has 11 rings (SSSR count). The number of hydrogen-bond donors (Lipinski definition) is 0. The van der Waals surface area contributed by atoms with Crippen molar-refractivity contribution in [3.8, 4) is 50.5 Å². The molecular weight excluding hydrogens is 661 g/mol. The van der Waals surface area contributed by atoms with Crippen molar-refractivity contribution in [3.05, 3.63) is 181 Å². The number of aromatic nitrogens is 2. The van der Waals surface area contributed by atoms with Crippen LogP contribution in [0.5, 0.6) is 0 Å². The molecule has 10 aromatic rings. The highest BCUT2D eigenvalue weighted by atomic mass is 32.1. The Morgan fingerprint density at radius 2 is 1.13 bits per heavy atom. The minimum Gasteiger partial charge on any atom is -0.309 e. The van der Waals surface area contributed by atoms with Gasteiger partial charge in [-0.3, -0.25) is 0 Å². The van der Waals surface area contributed by atoms with E-state index in [1.165, 1.54) is 69.8 Å². The molecule has 1 aliphatic carbocycles. The molecule has 250 valence electrons. The molecule has 3 heterocycles. The average Bonchev–Trinajstić information content (AvgIpc) is 3.84. The van der Waals surface area contributed by atoms with Crippen molar-refractivity contribution in [1.82, 2.24) is 9.55 Å². The topological polar surface area (TPSA) is 17.8 Å². The second kappa shape index (κ2) is 11.4. The summed E-state index contributed by atoms with van der Waals surface area (Å²) in [7, 11) is 0. The fraction of sp³-hybridized carbons (Fsp3) is 0.0600. The van der Waals surface area contributed by atoms with Crippen LogP contribution in [0.3, 0.4) is 0 Å². The Morgan fingerprint density at radius 1 is 0.528 bits per heavy atom. The molecule has 0 radical (unpaired) electrons. The van der Waals surface area contributed by atoms with Crippen LogP contribution in [0, 0.1) is 0 Å². The molecule has 0 bridgehead atoms. The molecule has 0 amide bonds. The molecule has 7 aromatic carbocycles. The number of rotatable bonds is 4. The van der Waals surface area contributed by atoms with Gasteiger partial charge in [0, 0.05) is 53.2 Å². The zero-order valence-corrected chi connectivity index (χ0v) is 30.3. The monoisotopic (exact) mass is 694 g/mol. The first kappa shape index (κ1) is 30.3. The van der Waals surface area contributed by atoms with Crippen LogP contribution in [-0.2, 0) is 5.41 Å². The lowest BCUT2D eigenvalue weighted by molar-refractivity contribution is 0.664. The fourth-order valence-corrected chi connectivity index (χ4v) is 10.2. The average molecular weight is 695 g/mol. The molecule has 0 saturated heterocycles. The maximum Gasteiger partial charge on any atom is 0.0715 e. The summed E-state index contributed by atoms with van der Waals surface area (Å²) in [4.78, 5) is 5.23. The molecule has 0 saturated carbocycles. The van der Waals surface area contributed by atoms with Gasteiger partial charge < -0.3 is 4.57 Å². The molecule has 3 heteroatoms. The van der Waals surface area contributed by atoms with Crippen LogP contribution in [-0.4, -0.2) is 9.55 Å². The largest absolute Gasteiger partial charge is 0.309 e. The van der Waals surface area contributed by atoms with Crippen molar-refractivity contribution in [2.75, 3.05) is 0 Å². The molecule has 1 aliphatic rings. The summed E-state index contributed by atoms with van der Waals surface area (Å²) in [6, 6.07) is 61.6. The Morgan fingerprint density at radius 3 is 1.89 bits per heavy atom. The van der Waals surface area contributed by atoms with Crippen molar-refractivity contribution >= 4 is 53.3 Å². The van der Waals surface area contributed by atoms with Gasteiger partial charge in [-0.25, -0.2) is 4.98 Å². The predicted molar refractivity (Wildman–Crippen MR) is 225 cm³/mol. The summed E-state index contributed by atoms with van der Waals surface area (Å²) < 4.78 is 5.24. The summed E-state index contributed by atoms with van der Waals surface area (Å²) in [6.45, 7) is 4.83. The van der Waals surface area contributed by atoms with Gasteiger partial charge in [0.25, 0.3) is 0 Å². The van der Waals surface area contributed by atoms with Crippen molar-refractivity contribution in [3.63, 3.8) is 0 Å². The molecule has 0 fully saturated rings. The van der Waals surface area contributed by atoms with E-state index in [1.807, 2.05) is 11.3 Å². The van der Waals surface area contributed by atoms with Crippen LogP contribution in [0.15, 0.2) is 170 Å². The molecule has 3 aromatic heterocycles. The second-order valence-electron chi connectivity index (χ2n) is 14.7. The number of hydrogen-bond acceptors (Lipinski definition) is 2. The molecule has 0 N–H and O–H groups in total. The second-order valence-corrected chi connectivity index (χ2v) is 15.8. The van der Waals surface area contributed by atoms with Crippen LogP contribution >= 0.6 is 11.3 Å². The third-order valence-corrected chi connectivity index (χ3v) is 12.5. The van der Waals surface area contributed by atoms with Crippen molar-refractivity contribution in [1.29, 1.82) is 0 Å². The summed E-state index contributed by atoms with van der Waals surface area (Å²) in [5.41, 5.74) is 15.5. The van der Waals surface area contributed by atoms with E-state index in [0.29, 0.717) is 0 Å². The van der Waals surface area contributed by atoms with E-state index in [4.69, 9.17) is 4.98 Å². The first-order valence-electron chi connectivity index (χ1n) is 18.3. The first-order valence-corrected chi connectivity index (χ1v) is 19.1. The quantitative estimate of drug-likeness (QED) is 0.179. The van der Waals surface area contributed by atoms with E-state index < -0.39 is 0 Å². The van der Waals surface area contributed by atoms with Crippen molar-refractivity contribution in [2.45, 2.75) is 19.3 Å². The maximum absolute atomic E-state index is 5.23. The molecule has 0 atom stereocenters. The standard InChI is InChI=1S/C50H34N2S/c1-50(2)39-22-12-9-19-36(39)44-45-38-21-11-14-24-43(38)53-49(45)46-37-20-10-13-23-42(37)52(48(46)47(44)50)35-27-25-33(26-28-35)41-30-34(31-15-5-3-6-16-31)29-40(51-41)32-17-7-4-8-18-32/h3-30H,1-2H3. The van der Waals surface area contributed by atoms with Crippen LogP contribution < -0.4 is 0 Å². The van der Waals surface area contributed by atoms with Crippen molar-refractivity contribution in [2.24, 2.45) is 0 Å². The minimum atomic E-state index is -0.191. The van der Waals surface area contributed by atoms with Gasteiger partial charge in [-0.1, -0.05) is 147 Å². The lowest BCUT2D eigenvalue weighted by Crippen LogP contribution is -2.16. The minimum absolute atomic E-state index is 0.191. The van der Waals surface area contributed by atoms with E-state index >= 15 is 0 Å². The summed E-state index contributed by atoms with van der Waals surface area (Å²) in [6.07, 6.45) is 0. The van der Waals surface area contributed by atoms with Gasteiger partial charge in [0.2, 0.25) is 0 Å². The fourth-order valence-electron chi connectivity index (χ4n) is 8.96. The van der Waals surface area contributed by atoms with Gasteiger partial charge in [-0.2, -0.15) is 0 Å². The van der Waals surface area contributed by atoms with Gasteiger partial charge in [-0.15, -0.1) is 11.3 Å². The number of nitrogens with zero attached hydrogens (tertiary/aromatic N) is 2. The highest BCUT2D eigenvalue weighted by Gasteiger charge is 2.41. The number of thiophene rings is 1. The normalized spacial score (nSPS) is 13.2. The zero-order valence-electron chi connectivity index (χ0n) is 29.5. The lowest BCUT2D eigenvalue weighted by Gasteiger charge is -2.24. The predicted octanol–water partition coefficient (Wildman–Crippen LogP) is 13.9. The van der Waals surface area contributed by atoms with E-state index in [2.05, 4.69) is 188 Å². The van der Waals surface area contributed by atoms with Crippen LogP contribution in [0.4, 0.5) is 0 Å². The van der Waals surface area contributed by atoms with Crippen LogP contribution in [0.2, 0.25) is 0 Å². The number of fused-ring (bicyclic) bond motifs is 12. The molecule has 0 spiro atoms. The van der Waals surface area contributed by atoms with E-state index in [1.54, 1.807) is 0 Å². The zero-order chi connectivity index (χ0) is 35.3. The number of para-hydroxylation sites is 1. The summed E-state index contributed by atoms with van der Waals surface area (Å²) >= 11 is 1.93. The van der Waals surface area contributed by atoms with Gasteiger partial charge in [0.15, 0.2) is 0 Å². The Balaban J connectivity index is 1.18. The van der Waals surface area contributed by atoms with Crippen LogP contribution in [0.1, 0.15) is 25.0 Å². The Kier molecular flexibility index (Phi) is 6.50. The Bertz CT molecular complexity index is 3000. The first-order chi connectivity index (χ1) is 26.1.